The van der Waals surface area contributed by atoms with Crippen molar-refractivity contribution >= 4 is 5.91 Å². The second-order valence-corrected chi connectivity index (χ2v) is 6.37. The van der Waals surface area contributed by atoms with Crippen LogP contribution in [-0.2, 0) is 0 Å². The molecule has 0 N–H and O–H groups in total. The Morgan fingerprint density at radius 1 is 0.926 bits per heavy atom. The fourth-order valence-electron chi connectivity index (χ4n) is 3.14. The Bertz CT molecular complexity index is 757. The highest BCUT2D eigenvalue weighted by Gasteiger charge is 2.22. The molecule has 0 aliphatic carbocycles. The van der Waals surface area contributed by atoms with Gasteiger partial charge in [-0.25, -0.2) is 0 Å². The summed E-state index contributed by atoms with van der Waals surface area (Å²) in [6, 6.07) is 15.0. The van der Waals surface area contributed by atoms with Crippen molar-refractivity contribution in [2.75, 3.05) is 53.6 Å². The minimum Gasteiger partial charge on any atom is -0.497 e. The van der Waals surface area contributed by atoms with E-state index >= 15 is 0 Å². The Hall–Kier alpha value is -2.73. The molecule has 6 heteroatoms. The molecule has 1 amide bonds. The molecule has 3 rings (SSSR count). The molecule has 0 spiro atoms. The van der Waals surface area contributed by atoms with Crippen LogP contribution in [0.3, 0.4) is 0 Å². The summed E-state index contributed by atoms with van der Waals surface area (Å²) in [5.74, 6) is 2.25. The minimum atomic E-state index is 0.0545. The number of amides is 1. The number of hydrogen-bond acceptors (Lipinski definition) is 5. The molecule has 0 bridgehead atoms. The van der Waals surface area contributed by atoms with Crippen molar-refractivity contribution in [3.63, 3.8) is 0 Å². The Balaban J connectivity index is 1.45. The van der Waals surface area contributed by atoms with Gasteiger partial charge in [0.25, 0.3) is 5.91 Å². The lowest BCUT2D eigenvalue weighted by Gasteiger charge is -2.34. The molecule has 6 nitrogen and oxygen atoms in total. The molecule has 2 aromatic rings. The zero-order chi connectivity index (χ0) is 19.1. The monoisotopic (exact) mass is 370 g/mol. The number of carbonyl (C=O) groups is 1. The van der Waals surface area contributed by atoms with Crippen molar-refractivity contribution in [1.82, 2.24) is 9.80 Å². The van der Waals surface area contributed by atoms with E-state index < -0.39 is 0 Å². The van der Waals surface area contributed by atoms with E-state index in [1.807, 2.05) is 47.4 Å². The first-order valence-corrected chi connectivity index (χ1v) is 9.13. The van der Waals surface area contributed by atoms with Crippen LogP contribution < -0.4 is 14.2 Å². The summed E-state index contributed by atoms with van der Waals surface area (Å²) in [7, 11) is 3.25. The number of rotatable bonds is 7. The normalized spacial score (nSPS) is 14.7. The average molecular weight is 370 g/mol. The fourth-order valence-corrected chi connectivity index (χ4v) is 3.14. The summed E-state index contributed by atoms with van der Waals surface area (Å²) in [4.78, 5) is 16.9. The van der Waals surface area contributed by atoms with Crippen molar-refractivity contribution in [3.8, 4) is 17.2 Å². The van der Waals surface area contributed by atoms with Gasteiger partial charge in [-0.15, -0.1) is 0 Å². The summed E-state index contributed by atoms with van der Waals surface area (Å²) >= 11 is 0. The largest absolute Gasteiger partial charge is 0.497 e. The van der Waals surface area contributed by atoms with Gasteiger partial charge < -0.3 is 19.1 Å². The quantitative estimate of drug-likeness (QED) is 0.750. The molecule has 1 saturated heterocycles. The van der Waals surface area contributed by atoms with Crippen molar-refractivity contribution in [1.29, 1.82) is 0 Å². The molecule has 2 aromatic carbocycles. The van der Waals surface area contributed by atoms with E-state index in [1.165, 1.54) is 0 Å². The van der Waals surface area contributed by atoms with E-state index in [4.69, 9.17) is 14.2 Å². The highest BCUT2D eigenvalue weighted by atomic mass is 16.5. The predicted octanol–water partition coefficient (Wildman–Crippen LogP) is 2.54. The van der Waals surface area contributed by atoms with Crippen LogP contribution in [0.2, 0.25) is 0 Å². The maximum Gasteiger partial charge on any atom is 0.254 e. The maximum atomic E-state index is 12.7. The molecule has 0 radical (unpaired) electrons. The molecule has 1 aliphatic heterocycles. The molecule has 0 saturated carbocycles. The molecule has 144 valence electrons. The highest BCUT2D eigenvalue weighted by molar-refractivity contribution is 5.94. The Morgan fingerprint density at radius 3 is 2.37 bits per heavy atom. The Kier molecular flexibility index (Phi) is 6.54. The van der Waals surface area contributed by atoms with Crippen molar-refractivity contribution < 1.29 is 19.0 Å². The fraction of sp³-hybridized carbons (Fsp3) is 0.381. The standard InChI is InChI=1S/C21H26N2O4/c1-25-18-7-5-6-17(16-18)21(24)23-12-10-22(11-13-23)14-15-27-20-9-4-3-8-19(20)26-2/h3-9,16H,10-15H2,1-2H3. The zero-order valence-corrected chi connectivity index (χ0v) is 15.9. The van der Waals surface area contributed by atoms with Crippen LogP contribution in [0.4, 0.5) is 0 Å². The van der Waals surface area contributed by atoms with Crippen LogP contribution in [-0.4, -0.2) is 69.3 Å². The number of piperazine rings is 1. The highest BCUT2D eigenvalue weighted by Crippen LogP contribution is 2.25. The van der Waals surface area contributed by atoms with Gasteiger partial charge in [0.05, 0.1) is 14.2 Å². The van der Waals surface area contributed by atoms with Gasteiger partial charge in [0.1, 0.15) is 12.4 Å². The number of ether oxygens (including phenoxy) is 3. The lowest BCUT2D eigenvalue weighted by atomic mass is 10.1. The third-order valence-corrected chi connectivity index (χ3v) is 4.71. The molecule has 1 fully saturated rings. The van der Waals surface area contributed by atoms with Crippen molar-refractivity contribution in [2.45, 2.75) is 0 Å². The van der Waals surface area contributed by atoms with Gasteiger partial charge in [-0.05, 0) is 30.3 Å². The van der Waals surface area contributed by atoms with E-state index in [1.54, 1.807) is 20.3 Å². The first kappa shape index (κ1) is 19.0. The maximum absolute atomic E-state index is 12.7. The Labute approximate surface area is 160 Å². The van der Waals surface area contributed by atoms with Crippen LogP contribution in [0.5, 0.6) is 17.2 Å². The molecular formula is C21H26N2O4. The van der Waals surface area contributed by atoms with Crippen LogP contribution in [0, 0.1) is 0 Å². The summed E-state index contributed by atoms with van der Waals surface area (Å²) in [6.45, 7) is 4.51. The molecule has 1 heterocycles. The van der Waals surface area contributed by atoms with Crippen LogP contribution in [0.25, 0.3) is 0 Å². The Morgan fingerprint density at radius 2 is 1.67 bits per heavy atom. The van der Waals surface area contributed by atoms with E-state index in [2.05, 4.69) is 4.90 Å². The third-order valence-electron chi connectivity index (χ3n) is 4.71. The number of benzene rings is 2. The van der Waals surface area contributed by atoms with E-state index in [9.17, 15) is 4.79 Å². The smallest absolute Gasteiger partial charge is 0.254 e. The number of nitrogens with zero attached hydrogens (tertiary/aromatic N) is 2. The van der Waals surface area contributed by atoms with Gasteiger partial charge in [-0.2, -0.15) is 0 Å². The molecular weight excluding hydrogens is 344 g/mol. The molecule has 27 heavy (non-hydrogen) atoms. The molecule has 0 unspecified atom stereocenters. The van der Waals surface area contributed by atoms with Crippen molar-refractivity contribution in [3.05, 3.63) is 54.1 Å². The van der Waals surface area contributed by atoms with Crippen LogP contribution in [0.15, 0.2) is 48.5 Å². The van der Waals surface area contributed by atoms with Gasteiger partial charge in [0, 0.05) is 38.3 Å². The zero-order valence-electron chi connectivity index (χ0n) is 15.9. The van der Waals surface area contributed by atoms with Gasteiger partial charge in [-0.3, -0.25) is 9.69 Å². The van der Waals surface area contributed by atoms with E-state index in [0.717, 1.165) is 31.1 Å². The van der Waals surface area contributed by atoms with E-state index in [-0.39, 0.29) is 5.91 Å². The number of para-hydroxylation sites is 2. The molecule has 0 aromatic heterocycles. The van der Waals surface area contributed by atoms with Gasteiger partial charge in [0.15, 0.2) is 11.5 Å². The second-order valence-electron chi connectivity index (χ2n) is 6.37. The third kappa shape index (κ3) is 4.92. The summed E-state index contributed by atoms with van der Waals surface area (Å²) < 4.78 is 16.3. The van der Waals surface area contributed by atoms with Gasteiger partial charge in [0.2, 0.25) is 0 Å². The first-order valence-electron chi connectivity index (χ1n) is 9.13. The van der Waals surface area contributed by atoms with Crippen LogP contribution in [0.1, 0.15) is 10.4 Å². The summed E-state index contributed by atoms with van der Waals surface area (Å²) in [5, 5.41) is 0. The number of hydrogen-bond donors (Lipinski definition) is 0. The number of carbonyl (C=O) groups excluding carboxylic acids is 1. The van der Waals surface area contributed by atoms with Gasteiger partial charge >= 0.3 is 0 Å². The number of methoxy groups -OCH3 is 2. The summed E-state index contributed by atoms with van der Waals surface area (Å²) in [5.41, 5.74) is 0.669. The van der Waals surface area contributed by atoms with Crippen molar-refractivity contribution in [2.24, 2.45) is 0 Å². The topological polar surface area (TPSA) is 51.2 Å². The predicted molar refractivity (Wildman–Crippen MR) is 104 cm³/mol. The van der Waals surface area contributed by atoms with Gasteiger partial charge in [-0.1, -0.05) is 18.2 Å². The molecule has 1 aliphatic rings. The lowest BCUT2D eigenvalue weighted by molar-refractivity contribution is 0.0619. The second kappa shape index (κ2) is 9.28. The lowest BCUT2D eigenvalue weighted by Crippen LogP contribution is -2.49. The molecule has 0 atom stereocenters. The minimum absolute atomic E-state index is 0.0545. The first-order chi connectivity index (χ1) is 13.2. The SMILES string of the molecule is COc1cccc(C(=O)N2CCN(CCOc3ccccc3OC)CC2)c1. The van der Waals surface area contributed by atoms with E-state index in [0.29, 0.717) is 31.0 Å². The van der Waals surface area contributed by atoms with Crippen LogP contribution >= 0.6 is 0 Å². The average Bonchev–Trinajstić information content (AvgIpc) is 2.74. The summed E-state index contributed by atoms with van der Waals surface area (Å²) in [6.07, 6.45) is 0.